The van der Waals surface area contributed by atoms with Crippen molar-refractivity contribution < 1.29 is 13.9 Å². The number of ether oxygens (including phenoxy) is 1. The molecule has 2 aromatic carbocycles. The summed E-state index contributed by atoms with van der Waals surface area (Å²) in [6.45, 7) is 4.55. The Kier molecular flexibility index (Phi) is 6.08. The van der Waals surface area contributed by atoms with Gasteiger partial charge in [0, 0.05) is 11.3 Å². The van der Waals surface area contributed by atoms with Crippen LogP contribution < -0.4 is 10.1 Å². The van der Waals surface area contributed by atoms with Gasteiger partial charge >= 0.3 is 6.01 Å². The molecular formula is C23H21FN4O2S. The third kappa shape index (κ3) is 4.97. The molecule has 1 N–H and O–H groups in total. The molecule has 31 heavy (non-hydrogen) atoms. The van der Waals surface area contributed by atoms with Gasteiger partial charge in [-0.25, -0.2) is 9.07 Å². The molecule has 0 aliphatic heterocycles. The second kappa shape index (κ2) is 9.09. The lowest BCUT2D eigenvalue weighted by atomic mass is 10.2. The molecule has 0 radical (unpaired) electrons. The van der Waals surface area contributed by atoms with Crippen molar-refractivity contribution in [1.29, 1.82) is 0 Å². The molecule has 4 rings (SSSR count). The first-order chi connectivity index (χ1) is 15.0. The van der Waals surface area contributed by atoms with Crippen molar-refractivity contribution in [2.45, 2.75) is 13.8 Å². The van der Waals surface area contributed by atoms with Crippen molar-refractivity contribution in [3.05, 3.63) is 76.7 Å². The summed E-state index contributed by atoms with van der Waals surface area (Å²) in [5.74, 6) is 0.326. The Balaban J connectivity index is 1.68. The number of thiophene rings is 1. The third-order valence-electron chi connectivity index (χ3n) is 4.33. The zero-order chi connectivity index (χ0) is 21.8. The van der Waals surface area contributed by atoms with Crippen molar-refractivity contribution in [3.63, 3.8) is 0 Å². The maximum absolute atomic E-state index is 13.4. The lowest BCUT2D eigenvalue weighted by Gasteiger charge is -2.09. The Labute approximate surface area is 183 Å². The number of hydrogen-bond acceptors (Lipinski definition) is 5. The Morgan fingerprint density at radius 1 is 1.16 bits per heavy atom. The molecule has 0 bridgehead atoms. The van der Waals surface area contributed by atoms with E-state index >= 15 is 0 Å². The smallest absolute Gasteiger partial charge is 0.336 e. The average molecular weight is 437 g/mol. The highest BCUT2D eigenvalue weighted by atomic mass is 32.1. The van der Waals surface area contributed by atoms with Gasteiger partial charge in [0.05, 0.1) is 17.2 Å². The molecule has 8 heteroatoms. The van der Waals surface area contributed by atoms with Gasteiger partial charge in [0.15, 0.2) is 5.82 Å². The van der Waals surface area contributed by atoms with Crippen LogP contribution in [0.15, 0.2) is 66.0 Å². The van der Waals surface area contributed by atoms with Gasteiger partial charge in [0.25, 0.3) is 5.91 Å². The first-order valence-corrected chi connectivity index (χ1v) is 10.7. The van der Waals surface area contributed by atoms with Crippen LogP contribution in [0.1, 0.15) is 23.5 Å². The topological polar surface area (TPSA) is 69.0 Å². The Morgan fingerprint density at radius 2 is 1.97 bits per heavy atom. The van der Waals surface area contributed by atoms with Crippen LogP contribution in [-0.2, 0) is 0 Å². The van der Waals surface area contributed by atoms with Crippen molar-refractivity contribution >= 4 is 22.9 Å². The van der Waals surface area contributed by atoms with Gasteiger partial charge < -0.3 is 10.1 Å². The van der Waals surface area contributed by atoms with Gasteiger partial charge in [0.2, 0.25) is 0 Å². The van der Waals surface area contributed by atoms with E-state index in [1.54, 1.807) is 35.0 Å². The lowest BCUT2D eigenvalue weighted by Crippen LogP contribution is -2.10. The summed E-state index contributed by atoms with van der Waals surface area (Å²) in [5, 5.41) is 9.25. The Bertz CT molecular complexity index is 1170. The highest BCUT2D eigenvalue weighted by Crippen LogP contribution is 2.26. The molecule has 6 nitrogen and oxygen atoms in total. The maximum Gasteiger partial charge on any atom is 0.336 e. The van der Waals surface area contributed by atoms with E-state index in [0.29, 0.717) is 40.2 Å². The molecular weight excluding hydrogens is 415 g/mol. The van der Waals surface area contributed by atoms with E-state index in [0.717, 1.165) is 0 Å². The quantitative estimate of drug-likeness (QED) is 0.420. The normalized spacial score (nSPS) is 11.0. The summed E-state index contributed by atoms with van der Waals surface area (Å²) in [4.78, 5) is 17.5. The molecule has 1 amide bonds. The Morgan fingerprint density at radius 3 is 2.68 bits per heavy atom. The van der Waals surface area contributed by atoms with Crippen molar-refractivity contribution in [1.82, 2.24) is 14.8 Å². The van der Waals surface area contributed by atoms with Gasteiger partial charge in [-0.3, -0.25) is 4.79 Å². The zero-order valence-electron chi connectivity index (χ0n) is 17.1. The molecule has 0 saturated heterocycles. The number of nitrogens with one attached hydrogen (secondary N) is 1. The van der Waals surface area contributed by atoms with Gasteiger partial charge in [-0.2, -0.15) is 4.98 Å². The molecule has 0 aliphatic rings. The van der Waals surface area contributed by atoms with Crippen LogP contribution in [0.4, 0.5) is 10.1 Å². The van der Waals surface area contributed by atoms with Crippen LogP contribution in [0.3, 0.4) is 0 Å². The largest absolute Gasteiger partial charge is 0.462 e. The third-order valence-corrected chi connectivity index (χ3v) is 5.20. The molecule has 2 aromatic heterocycles. The fourth-order valence-electron chi connectivity index (χ4n) is 2.88. The van der Waals surface area contributed by atoms with Crippen LogP contribution >= 0.6 is 11.3 Å². The summed E-state index contributed by atoms with van der Waals surface area (Å²) in [7, 11) is 0. The number of hydrogen-bond donors (Lipinski definition) is 1. The standard InChI is InChI=1S/C23H21FN4O2S/c1-15(2)14-30-23-26-21(16-8-10-17(24)11-9-16)28(27-23)19-6-3-5-18(13-19)25-22(29)20-7-4-12-31-20/h3-13,15H,14H2,1-2H3,(H,25,29). The first-order valence-electron chi connectivity index (χ1n) is 9.80. The second-order valence-electron chi connectivity index (χ2n) is 7.32. The summed E-state index contributed by atoms with van der Waals surface area (Å²) in [5.41, 5.74) is 2.01. The predicted molar refractivity (Wildman–Crippen MR) is 119 cm³/mol. The average Bonchev–Trinajstić information content (AvgIpc) is 3.43. The van der Waals surface area contributed by atoms with Crippen LogP contribution in [0.5, 0.6) is 6.01 Å². The van der Waals surface area contributed by atoms with E-state index in [2.05, 4.69) is 15.4 Å². The van der Waals surface area contributed by atoms with E-state index < -0.39 is 0 Å². The zero-order valence-corrected chi connectivity index (χ0v) is 17.9. The van der Waals surface area contributed by atoms with Gasteiger partial charge in [-0.1, -0.05) is 26.0 Å². The monoisotopic (exact) mass is 436 g/mol. The minimum atomic E-state index is -0.329. The molecule has 0 atom stereocenters. The number of aromatic nitrogens is 3. The van der Waals surface area contributed by atoms with Crippen LogP contribution in [0.25, 0.3) is 17.1 Å². The molecule has 0 aliphatic carbocycles. The molecule has 2 heterocycles. The minimum absolute atomic E-state index is 0.176. The number of carbonyl (C=O) groups excluding carboxylic acids is 1. The van der Waals surface area contributed by atoms with Crippen LogP contribution in [-0.4, -0.2) is 27.3 Å². The summed E-state index contributed by atoms with van der Waals surface area (Å²) < 4.78 is 20.8. The van der Waals surface area contributed by atoms with E-state index in [1.807, 2.05) is 37.4 Å². The van der Waals surface area contributed by atoms with Crippen LogP contribution in [0.2, 0.25) is 0 Å². The molecule has 0 unspecified atom stereocenters. The molecule has 0 spiro atoms. The van der Waals surface area contributed by atoms with Gasteiger partial charge in [-0.05, 0) is 59.8 Å². The molecule has 0 saturated carbocycles. The first kappa shape index (κ1) is 20.7. The number of anilines is 1. The SMILES string of the molecule is CC(C)COc1nc(-c2ccc(F)cc2)n(-c2cccc(NC(=O)c3cccs3)c2)n1. The van der Waals surface area contributed by atoms with Crippen molar-refractivity contribution in [2.75, 3.05) is 11.9 Å². The minimum Gasteiger partial charge on any atom is -0.462 e. The van der Waals surface area contributed by atoms with E-state index in [4.69, 9.17) is 4.74 Å². The predicted octanol–water partition coefficient (Wildman–Crippen LogP) is 5.42. The highest BCUT2D eigenvalue weighted by Gasteiger charge is 2.16. The van der Waals surface area contributed by atoms with Crippen molar-refractivity contribution in [2.24, 2.45) is 5.92 Å². The van der Waals surface area contributed by atoms with Gasteiger partial charge in [-0.15, -0.1) is 16.4 Å². The summed E-state index contributed by atoms with van der Waals surface area (Å²) in [6, 6.07) is 17.2. The van der Waals surface area contributed by atoms with E-state index in [1.165, 1.54) is 23.5 Å². The summed E-state index contributed by atoms with van der Waals surface area (Å²) in [6.07, 6.45) is 0. The number of halogens is 1. The van der Waals surface area contributed by atoms with Crippen LogP contribution in [0, 0.1) is 11.7 Å². The molecule has 0 fully saturated rings. The Hall–Kier alpha value is -3.52. The van der Waals surface area contributed by atoms with E-state index in [-0.39, 0.29) is 17.7 Å². The summed E-state index contributed by atoms with van der Waals surface area (Å²) >= 11 is 1.38. The fourth-order valence-corrected chi connectivity index (χ4v) is 3.50. The van der Waals surface area contributed by atoms with Crippen molar-refractivity contribution in [3.8, 4) is 23.1 Å². The highest BCUT2D eigenvalue weighted by molar-refractivity contribution is 7.12. The number of carbonyl (C=O) groups is 1. The fraction of sp³-hybridized carbons (Fsp3) is 0.174. The van der Waals surface area contributed by atoms with E-state index in [9.17, 15) is 9.18 Å². The lowest BCUT2D eigenvalue weighted by molar-refractivity contribution is 0.103. The maximum atomic E-state index is 13.4. The number of rotatable bonds is 7. The van der Waals surface area contributed by atoms with Gasteiger partial charge in [0.1, 0.15) is 5.82 Å². The molecule has 4 aromatic rings. The molecule has 158 valence electrons. The number of nitrogens with zero attached hydrogens (tertiary/aromatic N) is 3. The number of benzene rings is 2. The second-order valence-corrected chi connectivity index (χ2v) is 8.27. The number of amides is 1.